The SMILES string of the molecule is C=CC(=O)NCC(=O)N[C@@H]1CCc2c(Cl)cccc21. The molecule has 1 atom stereocenters. The molecule has 0 aliphatic heterocycles. The third kappa shape index (κ3) is 3.15. The number of benzene rings is 1. The highest BCUT2D eigenvalue weighted by Crippen LogP contribution is 2.35. The van der Waals surface area contributed by atoms with Gasteiger partial charge in [0.05, 0.1) is 12.6 Å². The lowest BCUT2D eigenvalue weighted by molar-refractivity contribution is -0.124. The maximum Gasteiger partial charge on any atom is 0.243 e. The van der Waals surface area contributed by atoms with Crippen molar-refractivity contribution >= 4 is 23.4 Å². The molecule has 2 rings (SSSR count). The van der Waals surface area contributed by atoms with Crippen LogP contribution in [0.15, 0.2) is 30.9 Å². The van der Waals surface area contributed by atoms with Crippen molar-refractivity contribution in [2.75, 3.05) is 6.54 Å². The number of rotatable bonds is 4. The van der Waals surface area contributed by atoms with Gasteiger partial charge in [-0.3, -0.25) is 9.59 Å². The van der Waals surface area contributed by atoms with E-state index in [1.54, 1.807) is 0 Å². The molecule has 0 radical (unpaired) electrons. The van der Waals surface area contributed by atoms with E-state index in [1.165, 1.54) is 0 Å². The lowest BCUT2D eigenvalue weighted by atomic mass is 10.1. The summed E-state index contributed by atoms with van der Waals surface area (Å²) in [5.74, 6) is -0.571. The molecule has 2 N–H and O–H groups in total. The van der Waals surface area contributed by atoms with Gasteiger partial charge in [-0.15, -0.1) is 0 Å². The van der Waals surface area contributed by atoms with Gasteiger partial charge in [0, 0.05) is 5.02 Å². The number of carbonyl (C=O) groups excluding carboxylic acids is 2. The number of fused-ring (bicyclic) bond motifs is 1. The van der Waals surface area contributed by atoms with E-state index in [2.05, 4.69) is 17.2 Å². The molecular weight excluding hydrogens is 264 g/mol. The first-order chi connectivity index (χ1) is 9.11. The number of amides is 2. The van der Waals surface area contributed by atoms with Gasteiger partial charge >= 0.3 is 0 Å². The molecule has 19 heavy (non-hydrogen) atoms. The maximum atomic E-state index is 11.7. The lowest BCUT2D eigenvalue weighted by Gasteiger charge is -2.14. The van der Waals surface area contributed by atoms with Crippen molar-refractivity contribution in [1.29, 1.82) is 0 Å². The van der Waals surface area contributed by atoms with Crippen LogP contribution in [0, 0.1) is 0 Å². The van der Waals surface area contributed by atoms with Crippen LogP contribution in [-0.4, -0.2) is 18.4 Å². The zero-order chi connectivity index (χ0) is 13.8. The molecule has 1 aromatic carbocycles. The summed E-state index contributed by atoms with van der Waals surface area (Å²) in [6.07, 6.45) is 2.83. The van der Waals surface area contributed by atoms with Crippen molar-refractivity contribution in [2.45, 2.75) is 18.9 Å². The van der Waals surface area contributed by atoms with Gasteiger partial charge in [-0.05, 0) is 36.1 Å². The molecule has 0 unspecified atom stereocenters. The van der Waals surface area contributed by atoms with E-state index in [1.807, 2.05) is 18.2 Å². The first-order valence-electron chi connectivity index (χ1n) is 6.08. The largest absolute Gasteiger partial charge is 0.348 e. The molecule has 0 spiro atoms. The number of halogens is 1. The second-order valence-corrected chi connectivity index (χ2v) is 4.80. The van der Waals surface area contributed by atoms with Crippen LogP contribution in [0.1, 0.15) is 23.6 Å². The van der Waals surface area contributed by atoms with E-state index in [-0.39, 0.29) is 24.4 Å². The van der Waals surface area contributed by atoms with Gasteiger partial charge in [0.15, 0.2) is 0 Å². The average molecular weight is 279 g/mol. The summed E-state index contributed by atoms with van der Waals surface area (Å²) >= 11 is 6.11. The fraction of sp³-hybridized carbons (Fsp3) is 0.286. The van der Waals surface area contributed by atoms with Crippen molar-refractivity contribution in [2.24, 2.45) is 0 Å². The second kappa shape index (κ2) is 5.89. The second-order valence-electron chi connectivity index (χ2n) is 4.39. The van der Waals surface area contributed by atoms with Gasteiger partial charge in [0.2, 0.25) is 11.8 Å². The third-order valence-corrected chi connectivity index (χ3v) is 3.51. The van der Waals surface area contributed by atoms with Crippen LogP contribution >= 0.6 is 11.6 Å². The fourth-order valence-corrected chi connectivity index (χ4v) is 2.52. The van der Waals surface area contributed by atoms with E-state index in [0.29, 0.717) is 0 Å². The quantitative estimate of drug-likeness (QED) is 0.825. The molecule has 0 fully saturated rings. The summed E-state index contributed by atoms with van der Waals surface area (Å²) in [4.78, 5) is 22.7. The normalized spacial score (nSPS) is 16.6. The van der Waals surface area contributed by atoms with Gasteiger partial charge in [0.25, 0.3) is 0 Å². The molecule has 100 valence electrons. The van der Waals surface area contributed by atoms with E-state index in [9.17, 15) is 9.59 Å². The smallest absolute Gasteiger partial charge is 0.243 e. The van der Waals surface area contributed by atoms with Crippen LogP contribution in [0.3, 0.4) is 0 Å². The predicted octanol–water partition coefficient (Wildman–Crippen LogP) is 1.75. The number of nitrogens with one attached hydrogen (secondary N) is 2. The van der Waals surface area contributed by atoms with Crippen LogP contribution < -0.4 is 10.6 Å². The molecular formula is C14H15ClN2O2. The number of hydrogen-bond acceptors (Lipinski definition) is 2. The van der Waals surface area contributed by atoms with Gasteiger partial charge in [-0.1, -0.05) is 30.3 Å². The molecule has 1 aromatic rings. The van der Waals surface area contributed by atoms with Gasteiger partial charge in [-0.25, -0.2) is 0 Å². The lowest BCUT2D eigenvalue weighted by Crippen LogP contribution is -2.37. The number of carbonyl (C=O) groups is 2. The minimum atomic E-state index is -0.356. The Kier molecular flexibility index (Phi) is 4.22. The highest BCUT2D eigenvalue weighted by molar-refractivity contribution is 6.31. The molecule has 0 heterocycles. The van der Waals surface area contributed by atoms with Crippen LogP contribution in [0.25, 0.3) is 0 Å². The van der Waals surface area contributed by atoms with E-state index in [4.69, 9.17) is 11.6 Å². The van der Waals surface area contributed by atoms with Gasteiger partial charge in [-0.2, -0.15) is 0 Å². The van der Waals surface area contributed by atoms with Crippen LogP contribution in [0.4, 0.5) is 0 Å². The standard InChI is InChI=1S/C14H15ClN2O2/c1-2-13(18)16-8-14(19)17-12-7-6-9-10(12)4-3-5-11(9)15/h2-5,12H,1,6-8H2,(H,16,18)(H,17,19)/t12-/m1/s1. The van der Waals surface area contributed by atoms with Crippen molar-refractivity contribution in [1.82, 2.24) is 10.6 Å². The Labute approximate surface area is 116 Å². The van der Waals surface area contributed by atoms with Crippen molar-refractivity contribution in [3.8, 4) is 0 Å². The molecule has 0 saturated carbocycles. The zero-order valence-electron chi connectivity index (χ0n) is 10.4. The Bertz CT molecular complexity index is 528. The Morgan fingerprint density at radius 1 is 1.47 bits per heavy atom. The Morgan fingerprint density at radius 3 is 3.00 bits per heavy atom. The summed E-state index contributed by atoms with van der Waals surface area (Å²) in [6, 6.07) is 5.68. The monoisotopic (exact) mass is 278 g/mol. The predicted molar refractivity (Wildman–Crippen MR) is 73.9 cm³/mol. The summed E-state index contributed by atoms with van der Waals surface area (Å²) in [5, 5.41) is 6.09. The third-order valence-electron chi connectivity index (χ3n) is 3.16. The van der Waals surface area contributed by atoms with E-state index >= 15 is 0 Å². The van der Waals surface area contributed by atoms with Crippen molar-refractivity contribution < 1.29 is 9.59 Å². The minimum absolute atomic E-state index is 0.0261. The van der Waals surface area contributed by atoms with Crippen LogP contribution in [0.5, 0.6) is 0 Å². The van der Waals surface area contributed by atoms with Crippen LogP contribution in [-0.2, 0) is 16.0 Å². The minimum Gasteiger partial charge on any atom is -0.348 e. The molecule has 0 saturated heterocycles. The molecule has 0 bridgehead atoms. The Morgan fingerprint density at radius 2 is 2.26 bits per heavy atom. The zero-order valence-corrected chi connectivity index (χ0v) is 11.2. The number of hydrogen-bond donors (Lipinski definition) is 2. The Hall–Kier alpha value is -1.81. The molecule has 2 amide bonds. The maximum absolute atomic E-state index is 11.7. The van der Waals surface area contributed by atoms with Gasteiger partial charge in [0.1, 0.15) is 0 Å². The van der Waals surface area contributed by atoms with Crippen molar-refractivity contribution in [3.63, 3.8) is 0 Å². The highest BCUT2D eigenvalue weighted by atomic mass is 35.5. The van der Waals surface area contributed by atoms with Crippen molar-refractivity contribution in [3.05, 3.63) is 47.0 Å². The summed E-state index contributed by atoms with van der Waals surface area (Å²) < 4.78 is 0. The Balaban J connectivity index is 1.96. The van der Waals surface area contributed by atoms with Gasteiger partial charge < -0.3 is 10.6 Å². The summed E-state index contributed by atoms with van der Waals surface area (Å²) in [5.41, 5.74) is 2.17. The first-order valence-corrected chi connectivity index (χ1v) is 6.46. The highest BCUT2D eigenvalue weighted by Gasteiger charge is 2.25. The molecule has 5 heteroatoms. The molecule has 0 aromatic heterocycles. The molecule has 4 nitrogen and oxygen atoms in total. The first kappa shape index (κ1) is 13.6. The molecule has 1 aliphatic rings. The summed E-state index contributed by atoms with van der Waals surface area (Å²) in [7, 11) is 0. The van der Waals surface area contributed by atoms with E-state index < -0.39 is 0 Å². The summed E-state index contributed by atoms with van der Waals surface area (Å²) in [6.45, 7) is 3.28. The molecule has 1 aliphatic carbocycles. The average Bonchev–Trinajstić information content (AvgIpc) is 2.81. The fourth-order valence-electron chi connectivity index (χ4n) is 2.24. The van der Waals surface area contributed by atoms with E-state index in [0.717, 1.165) is 35.1 Å². The van der Waals surface area contributed by atoms with Crippen LogP contribution in [0.2, 0.25) is 5.02 Å². The topological polar surface area (TPSA) is 58.2 Å².